The lowest BCUT2D eigenvalue weighted by Crippen LogP contribution is -2.58. The third-order valence-electron chi connectivity index (χ3n) is 15.9. The number of hydrogen-bond donors (Lipinski definition) is 5. The van der Waals surface area contributed by atoms with E-state index in [1.54, 1.807) is 75.6 Å². The second-order valence-corrected chi connectivity index (χ2v) is 25.7. The Bertz CT molecular complexity index is 3480. The molecule has 1 saturated carbocycles. The van der Waals surface area contributed by atoms with Crippen molar-refractivity contribution in [3.8, 4) is 23.5 Å². The number of carbonyl (C=O) groups excluding carboxylic acids is 5. The van der Waals surface area contributed by atoms with Gasteiger partial charge < -0.3 is 30.3 Å². The highest BCUT2D eigenvalue weighted by Gasteiger charge is 2.45. The zero-order chi connectivity index (χ0) is 59.0. The lowest BCUT2D eigenvalue weighted by Gasteiger charge is -2.35. The fourth-order valence-corrected chi connectivity index (χ4v) is 13.2. The molecule has 0 unspecified atom stereocenters. The van der Waals surface area contributed by atoms with Gasteiger partial charge in [-0.25, -0.2) is 28.1 Å². The summed E-state index contributed by atoms with van der Waals surface area (Å²) in [4.78, 5) is 87.8. The van der Waals surface area contributed by atoms with E-state index in [2.05, 4.69) is 36.6 Å². The SMILES string of the molecule is C#Cc1ccc([C@H](COC)NC(=O)[C@@H]2C[C@@H](O)CN2C(=O)[C@@H](NC(=O)CCCCCS(=O)(=O)NC(=O)c2nc(N3CCc4cccc(C(=O)Nc5nc6cccnc6s5)c4C3)ccc2-c2cnn(CC3CCCCC3)c2C)C(C)(C)C)cc1. The number of aliphatic hydroxyl groups is 1. The standard InChI is InChI=1S/C61H73N11O9S2/c1-7-39-22-24-42(25-23-39)49(37-81-6)64-56(76)50-32-43(73)35-71(50)59(78)54(61(3,4)5)67-52(74)21-12-9-13-31-83(79,80)69-57(77)53-44(46-33-63-72(38(46)2)34-40-16-10-8-11-17-40)26-27-51(66-53)70-30-28-41-18-14-19-45(47(41)36-70)55(75)68-60-65-48-20-15-29-62-58(48)82-60/h1,14-15,18-20,22-27,29,33,40,43,49-50,54,73H,8-13,16-17,21,28,30-32,34-37H2,2-6H3,(H,64,76)(H,67,74)(H,69,77)(H,65,68,75)/t43-,49+,50+,54-/m1/s1. The van der Waals surface area contributed by atoms with E-state index in [1.165, 1.54) is 42.6 Å². The Balaban J connectivity index is 0.843. The number of anilines is 2. The maximum atomic E-state index is 14.5. The summed E-state index contributed by atoms with van der Waals surface area (Å²) >= 11 is 1.28. The Labute approximate surface area is 488 Å². The molecule has 5 N–H and O–H groups in total. The van der Waals surface area contributed by atoms with E-state index in [-0.39, 0.29) is 50.4 Å². The topological polar surface area (TPSA) is 260 Å². The fraction of sp³-hybridized carbons (Fsp3) is 0.459. The van der Waals surface area contributed by atoms with Crippen LogP contribution in [0.2, 0.25) is 0 Å². The smallest absolute Gasteiger partial charge is 0.284 e. The summed E-state index contributed by atoms with van der Waals surface area (Å²) in [5.41, 5.74) is 5.38. The van der Waals surface area contributed by atoms with Gasteiger partial charge in [0.15, 0.2) is 5.13 Å². The van der Waals surface area contributed by atoms with E-state index in [0.717, 1.165) is 41.8 Å². The third-order valence-corrected chi connectivity index (χ3v) is 18.1. The molecule has 20 nitrogen and oxygen atoms in total. The Hall–Kier alpha value is -7.58. The number of rotatable bonds is 21. The van der Waals surface area contributed by atoms with E-state index in [9.17, 15) is 37.5 Å². The van der Waals surface area contributed by atoms with Gasteiger partial charge in [-0.3, -0.25) is 34.0 Å². The number of ether oxygens (including phenoxy) is 1. The molecule has 4 atom stereocenters. The van der Waals surface area contributed by atoms with Gasteiger partial charge in [-0.2, -0.15) is 5.10 Å². The molecule has 1 aliphatic carbocycles. The number of sulfonamides is 1. The van der Waals surface area contributed by atoms with E-state index in [1.807, 2.05) is 40.8 Å². The number of nitrogens with zero attached hydrogens (tertiary/aromatic N) is 7. The molecule has 9 rings (SSSR count). The van der Waals surface area contributed by atoms with Crippen LogP contribution in [-0.2, 0) is 48.7 Å². The molecule has 6 heterocycles. The Morgan fingerprint density at radius 1 is 0.928 bits per heavy atom. The number of fused-ring (bicyclic) bond motifs is 2. The van der Waals surface area contributed by atoms with Gasteiger partial charge in [-0.05, 0) is 110 Å². The molecule has 4 aromatic heterocycles. The van der Waals surface area contributed by atoms with Crippen LogP contribution in [-0.4, -0.2) is 123 Å². The molecule has 83 heavy (non-hydrogen) atoms. The summed E-state index contributed by atoms with van der Waals surface area (Å²) in [5.74, 6) is 0.379. The zero-order valence-corrected chi connectivity index (χ0v) is 49.3. The predicted molar refractivity (Wildman–Crippen MR) is 318 cm³/mol. The third kappa shape index (κ3) is 14.6. The Morgan fingerprint density at radius 3 is 2.45 bits per heavy atom. The number of benzene rings is 2. The molecule has 2 fully saturated rings. The number of amides is 5. The van der Waals surface area contributed by atoms with Crippen molar-refractivity contribution in [1.82, 2.24) is 45.0 Å². The number of pyridine rings is 2. The Morgan fingerprint density at radius 2 is 1.71 bits per heavy atom. The van der Waals surface area contributed by atoms with Gasteiger partial charge in [0.2, 0.25) is 27.7 Å². The summed E-state index contributed by atoms with van der Waals surface area (Å²) in [7, 11) is -2.72. The summed E-state index contributed by atoms with van der Waals surface area (Å²) in [6.45, 7) is 8.89. The second kappa shape index (κ2) is 26.3. The van der Waals surface area contributed by atoms with Crippen LogP contribution in [0, 0.1) is 30.6 Å². The molecule has 1 saturated heterocycles. The first-order valence-corrected chi connectivity index (χ1v) is 30.9. The lowest BCUT2D eigenvalue weighted by atomic mass is 9.85. The summed E-state index contributed by atoms with van der Waals surface area (Å²) in [6.07, 6.45) is 15.0. The van der Waals surface area contributed by atoms with Crippen molar-refractivity contribution in [2.75, 3.05) is 42.8 Å². The maximum Gasteiger partial charge on any atom is 0.284 e. The highest BCUT2D eigenvalue weighted by Crippen LogP contribution is 2.34. The quantitative estimate of drug-likeness (QED) is 0.0351. The molecular formula is C61H73N11O9S2. The maximum absolute atomic E-state index is 14.5. The number of carbonyl (C=O) groups is 5. The van der Waals surface area contributed by atoms with Gasteiger partial charge in [0.05, 0.1) is 30.7 Å². The van der Waals surface area contributed by atoms with E-state index in [4.69, 9.17) is 21.2 Å². The van der Waals surface area contributed by atoms with Gasteiger partial charge >= 0.3 is 0 Å². The van der Waals surface area contributed by atoms with Gasteiger partial charge in [-0.1, -0.05) is 88.0 Å². The number of unbranched alkanes of at least 4 members (excludes halogenated alkanes) is 2. The molecule has 0 spiro atoms. The summed E-state index contributed by atoms with van der Waals surface area (Å²) in [5, 5.41) is 24.7. The van der Waals surface area contributed by atoms with Crippen LogP contribution in [0.15, 0.2) is 79.1 Å². The van der Waals surface area contributed by atoms with Crippen molar-refractivity contribution < 1.29 is 42.2 Å². The van der Waals surface area contributed by atoms with Crippen LogP contribution in [0.4, 0.5) is 10.9 Å². The largest absolute Gasteiger partial charge is 0.391 e. The number of aromatic nitrogens is 5. The van der Waals surface area contributed by atoms with E-state index >= 15 is 0 Å². The van der Waals surface area contributed by atoms with Crippen LogP contribution >= 0.6 is 11.3 Å². The molecule has 0 bridgehead atoms. The van der Waals surface area contributed by atoms with Crippen LogP contribution < -0.4 is 25.6 Å². The number of likely N-dealkylation sites (tertiary alicyclic amines) is 1. The molecule has 2 aliphatic heterocycles. The van der Waals surface area contributed by atoms with Crippen molar-refractivity contribution in [1.29, 1.82) is 0 Å². The minimum absolute atomic E-state index is 0.00102. The van der Waals surface area contributed by atoms with E-state index < -0.39 is 69.0 Å². The first-order valence-electron chi connectivity index (χ1n) is 28.4. The van der Waals surface area contributed by atoms with Crippen molar-refractivity contribution in [2.24, 2.45) is 11.3 Å². The number of methoxy groups -OCH3 is 1. The fourth-order valence-electron chi connectivity index (χ4n) is 11.3. The number of terminal acetylenes is 1. The molecule has 5 amide bonds. The number of aliphatic hydroxyl groups excluding tert-OH is 1. The summed E-state index contributed by atoms with van der Waals surface area (Å²) < 4.78 is 37.2. The van der Waals surface area contributed by atoms with Crippen molar-refractivity contribution in [3.63, 3.8) is 0 Å². The molecule has 0 radical (unpaired) electrons. The summed E-state index contributed by atoms with van der Waals surface area (Å²) in [6, 6.07) is 17.3. The first-order chi connectivity index (χ1) is 39.8. The van der Waals surface area contributed by atoms with E-state index in [0.29, 0.717) is 75.4 Å². The van der Waals surface area contributed by atoms with Gasteiger partial charge in [0.25, 0.3) is 11.8 Å². The van der Waals surface area contributed by atoms with Crippen molar-refractivity contribution in [2.45, 2.75) is 136 Å². The van der Waals surface area contributed by atoms with Gasteiger partial charge in [-0.15, -0.1) is 6.42 Å². The molecule has 6 aromatic rings. The zero-order valence-electron chi connectivity index (χ0n) is 47.7. The number of thiazole rings is 1. The van der Waals surface area contributed by atoms with Crippen LogP contribution in [0.25, 0.3) is 21.5 Å². The molecular weight excluding hydrogens is 1090 g/mol. The molecule has 3 aliphatic rings. The number of nitrogens with one attached hydrogen (secondary N) is 4. The normalized spacial score (nSPS) is 17.3. The minimum atomic E-state index is -4.23. The molecule has 22 heteroatoms. The van der Waals surface area contributed by atoms with Crippen molar-refractivity contribution in [3.05, 3.63) is 118 Å². The van der Waals surface area contributed by atoms with Crippen LogP contribution in [0.5, 0.6) is 0 Å². The van der Waals surface area contributed by atoms with Gasteiger partial charge in [0.1, 0.15) is 33.9 Å². The van der Waals surface area contributed by atoms with Crippen LogP contribution in [0.1, 0.15) is 140 Å². The average Bonchev–Trinajstić information content (AvgIpc) is 3.60. The monoisotopic (exact) mass is 1170 g/mol. The Kier molecular flexibility index (Phi) is 19.0. The minimum Gasteiger partial charge on any atom is -0.391 e. The lowest BCUT2D eigenvalue weighted by molar-refractivity contribution is -0.144. The average molecular weight is 1170 g/mol. The highest BCUT2D eigenvalue weighted by molar-refractivity contribution is 7.90. The van der Waals surface area contributed by atoms with Crippen LogP contribution in [0.3, 0.4) is 0 Å². The number of β-amino-alcohol motifs (C(OH)–C–C–N with tert-alkyl or cyclic N) is 1. The van der Waals surface area contributed by atoms with Gasteiger partial charge in [0, 0.05) is 80.3 Å². The highest BCUT2D eigenvalue weighted by atomic mass is 32.2. The number of hydrogen-bond acceptors (Lipinski definition) is 15. The molecule has 438 valence electrons. The predicted octanol–water partition coefficient (Wildman–Crippen LogP) is 7.25. The van der Waals surface area contributed by atoms with Crippen molar-refractivity contribution >= 4 is 72.2 Å². The molecule has 2 aromatic carbocycles. The second-order valence-electron chi connectivity index (χ2n) is 22.9. The first kappa shape index (κ1) is 60.0.